The van der Waals surface area contributed by atoms with Crippen LogP contribution in [0, 0.1) is 11.8 Å². The number of esters is 4. The summed E-state index contributed by atoms with van der Waals surface area (Å²) in [5.41, 5.74) is 0. The minimum absolute atomic E-state index is 0.105. The van der Waals surface area contributed by atoms with Crippen molar-refractivity contribution < 1.29 is 80.2 Å². The third-order valence-corrected chi connectivity index (χ3v) is 20.0. The number of hydrogen-bond donors (Lipinski definition) is 3. The Hall–Kier alpha value is -1.94. The molecule has 0 aliphatic carbocycles. The molecule has 19 heteroatoms. The van der Waals surface area contributed by atoms with E-state index in [9.17, 15) is 43.2 Å². The molecule has 0 spiro atoms. The van der Waals surface area contributed by atoms with Crippen LogP contribution in [0.25, 0.3) is 0 Å². The third-order valence-electron chi connectivity index (χ3n) is 18.1. The first-order chi connectivity index (χ1) is 45.9. The average Bonchev–Trinajstić information content (AvgIpc) is 1.69. The van der Waals surface area contributed by atoms with E-state index in [2.05, 4.69) is 41.5 Å². The minimum atomic E-state index is -4.96. The number of phosphoric ester groups is 2. The Bertz CT molecular complexity index is 1840. The lowest BCUT2D eigenvalue weighted by molar-refractivity contribution is -0.161. The lowest BCUT2D eigenvalue weighted by Crippen LogP contribution is -2.30. The smallest absolute Gasteiger partial charge is 0.462 e. The van der Waals surface area contributed by atoms with Gasteiger partial charge in [-0.05, 0) is 37.5 Å². The van der Waals surface area contributed by atoms with Gasteiger partial charge in [0, 0.05) is 25.7 Å². The Kier molecular flexibility index (Phi) is 66.5. The van der Waals surface area contributed by atoms with Crippen molar-refractivity contribution >= 4 is 39.5 Å². The largest absolute Gasteiger partial charge is 0.472 e. The number of carbonyl (C=O) groups is 4. The number of aliphatic hydroxyl groups is 1. The summed E-state index contributed by atoms with van der Waals surface area (Å²) in [7, 11) is -9.91. The number of carbonyl (C=O) groups excluding carboxylic acids is 4. The van der Waals surface area contributed by atoms with Gasteiger partial charge < -0.3 is 33.8 Å². The number of rotatable bonds is 75. The van der Waals surface area contributed by atoms with Crippen molar-refractivity contribution in [3.05, 3.63) is 0 Å². The molecule has 0 aromatic heterocycles. The summed E-state index contributed by atoms with van der Waals surface area (Å²) in [6.45, 7) is 9.55. The van der Waals surface area contributed by atoms with Crippen molar-refractivity contribution in [3.63, 3.8) is 0 Å². The summed E-state index contributed by atoms with van der Waals surface area (Å²) >= 11 is 0. The SMILES string of the molecule is CCCCCCCCCCCCCCCCCCC(=O)OC[C@H](COP(=O)(O)OC[C@@H](O)COP(=O)(O)OC[C@@H](COC(=O)CCCCCCCCC(C)CC)OC(=O)CCCCCCCCCCCCC(C)C)OC(=O)CCCCCCCCCCCCCCCCCC. The van der Waals surface area contributed by atoms with Gasteiger partial charge in [-0.1, -0.05) is 343 Å². The van der Waals surface area contributed by atoms with Crippen molar-refractivity contribution in [1.29, 1.82) is 0 Å². The molecule has 0 radical (unpaired) electrons. The van der Waals surface area contributed by atoms with Gasteiger partial charge in [0.2, 0.25) is 0 Å². The Morgan fingerprint density at radius 2 is 0.537 bits per heavy atom. The molecule has 6 atom stereocenters. The Labute approximate surface area is 581 Å². The highest BCUT2D eigenvalue weighted by molar-refractivity contribution is 7.47. The minimum Gasteiger partial charge on any atom is -0.462 e. The molecule has 564 valence electrons. The first-order valence-corrected chi connectivity index (χ1v) is 42.5. The highest BCUT2D eigenvalue weighted by Gasteiger charge is 2.30. The molecule has 0 amide bonds. The van der Waals surface area contributed by atoms with E-state index >= 15 is 0 Å². The second-order valence-corrected chi connectivity index (χ2v) is 31.0. The summed E-state index contributed by atoms with van der Waals surface area (Å²) in [5, 5.41) is 10.6. The molecule has 3 N–H and O–H groups in total. The zero-order valence-electron chi connectivity index (χ0n) is 62.0. The van der Waals surface area contributed by atoms with E-state index in [-0.39, 0.29) is 25.7 Å². The Morgan fingerprint density at radius 3 is 0.800 bits per heavy atom. The summed E-state index contributed by atoms with van der Waals surface area (Å²) < 4.78 is 68.5. The van der Waals surface area contributed by atoms with E-state index in [1.165, 1.54) is 205 Å². The highest BCUT2D eigenvalue weighted by atomic mass is 31.2. The fourth-order valence-corrected chi connectivity index (χ4v) is 13.2. The van der Waals surface area contributed by atoms with Gasteiger partial charge in [-0.2, -0.15) is 0 Å². The van der Waals surface area contributed by atoms with E-state index in [0.29, 0.717) is 25.7 Å². The molecule has 0 aliphatic heterocycles. The molecule has 0 heterocycles. The lowest BCUT2D eigenvalue weighted by atomic mass is 10.00. The predicted octanol–water partition coefficient (Wildman–Crippen LogP) is 22.3. The van der Waals surface area contributed by atoms with Crippen LogP contribution in [-0.4, -0.2) is 96.7 Å². The van der Waals surface area contributed by atoms with E-state index in [1.54, 1.807) is 0 Å². The summed E-state index contributed by atoms with van der Waals surface area (Å²) in [6.07, 6.45) is 55.5. The Morgan fingerprint density at radius 1 is 0.305 bits per heavy atom. The van der Waals surface area contributed by atoms with Gasteiger partial charge in [0.15, 0.2) is 12.2 Å². The van der Waals surface area contributed by atoms with Crippen molar-refractivity contribution in [1.82, 2.24) is 0 Å². The molecule has 0 aromatic rings. The van der Waals surface area contributed by atoms with Crippen molar-refractivity contribution in [2.24, 2.45) is 11.8 Å². The van der Waals surface area contributed by atoms with Gasteiger partial charge in [0.05, 0.1) is 26.4 Å². The molecule has 17 nitrogen and oxygen atoms in total. The van der Waals surface area contributed by atoms with Gasteiger partial charge in [0.25, 0.3) is 0 Å². The van der Waals surface area contributed by atoms with Crippen molar-refractivity contribution in [2.45, 2.75) is 413 Å². The van der Waals surface area contributed by atoms with Crippen LogP contribution < -0.4 is 0 Å². The third kappa shape index (κ3) is 69.0. The average molecular weight is 1400 g/mol. The topological polar surface area (TPSA) is 237 Å². The second-order valence-electron chi connectivity index (χ2n) is 28.1. The molecule has 0 bridgehead atoms. The van der Waals surface area contributed by atoms with Gasteiger partial charge in [-0.25, -0.2) is 9.13 Å². The number of unbranched alkanes of at least 4 members (excludes halogenated alkanes) is 44. The van der Waals surface area contributed by atoms with Crippen LogP contribution in [0.2, 0.25) is 0 Å². The van der Waals surface area contributed by atoms with E-state index in [0.717, 1.165) is 108 Å². The monoisotopic (exact) mass is 1400 g/mol. The zero-order chi connectivity index (χ0) is 70.0. The number of ether oxygens (including phenoxy) is 4. The van der Waals surface area contributed by atoms with Crippen LogP contribution in [-0.2, 0) is 65.4 Å². The molecule has 3 unspecified atom stereocenters. The summed E-state index contributed by atoms with van der Waals surface area (Å²) in [6, 6.07) is 0. The maximum Gasteiger partial charge on any atom is 0.472 e. The lowest BCUT2D eigenvalue weighted by Gasteiger charge is -2.21. The standard InChI is InChI=1S/C76H148O17P2/c1-7-10-12-14-16-18-20-22-24-26-28-30-35-39-46-52-58-73(78)86-64-71(92-75(80)60-54-48-40-36-31-29-27-25-23-21-19-17-15-13-11-8-2)66-90-94(82,83)88-62-70(77)63-89-95(84,85)91-67-72(65-87-74(79)59-53-47-43-42-45-51-57-69(6)9-3)93-76(81)61-55-49-41-37-33-32-34-38-44-50-56-68(4)5/h68-72,77H,7-67H2,1-6H3,(H,82,83)(H,84,85)/t69?,70-,71-,72-/m1/s1. The Balaban J connectivity index is 5.25. The van der Waals surface area contributed by atoms with Crippen LogP contribution in [0.3, 0.4) is 0 Å². The fourth-order valence-electron chi connectivity index (χ4n) is 11.6. The van der Waals surface area contributed by atoms with Crippen LogP contribution in [0.15, 0.2) is 0 Å². The molecule has 0 saturated heterocycles. The molecule has 0 fully saturated rings. The van der Waals surface area contributed by atoms with Crippen molar-refractivity contribution in [2.75, 3.05) is 39.6 Å². The highest BCUT2D eigenvalue weighted by Crippen LogP contribution is 2.45. The number of hydrogen-bond acceptors (Lipinski definition) is 15. The molecular weight excluding hydrogens is 1250 g/mol. The zero-order valence-corrected chi connectivity index (χ0v) is 63.8. The van der Waals surface area contributed by atoms with Crippen molar-refractivity contribution in [3.8, 4) is 0 Å². The van der Waals surface area contributed by atoms with Crippen LogP contribution >= 0.6 is 15.6 Å². The van der Waals surface area contributed by atoms with Gasteiger partial charge in [-0.3, -0.25) is 37.3 Å². The quantitative estimate of drug-likeness (QED) is 0.0222. The van der Waals surface area contributed by atoms with E-state index in [4.69, 9.17) is 37.0 Å². The van der Waals surface area contributed by atoms with E-state index in [1.807, 2.05) is 0 Å². The van der Waals surface area contributed by atoms with Crippen LogP contribution in [0.4, 0.5) is 0 Å². The second kappa shape index (κ2) is 67.9. The molecule has 0 aromatic carbocycles. The molecule has 95 heavy (non-hydrogen) atoms. The number of aliphatic hydroxyl groups excluding tert-OH is 1. The predicted molar refractivity (Wildman–Crippen MR) is 386 cm³/mol. The van der Waals surface area contributed by atoms with E-state index < -0.39 is 97.5 Å². The maximum atomic E-state index is 13.1. The first-order valence-electron chi connectivity index (χ1n) is 39.5. The van der Waals surface area contributed by atoms with Crippen LogP contribution in [0.5, 0.6) is 0 Å². The molecule has 0 aliphatic rings. The van der Waals surface area contributed by atoms with Gasteiger partial charge in [-0.15, -0.1) is 0 Å². The summed E-state index contributed by atoms with van der Waals surface area (Å²) in [4.78, 5) is 72.8. The van der Waals surface area contributed by atoms with Gasteiger partial charge >= 0.3 is 39.5 Å². The number of phosphoric acid groups is 2. The molecule has 0 saturated carbocycles. The summed E-state index contributed by atoms with van der Waals surface area (Å²) in [5.74, 6) is -0.633. The first kappa shape index (κ1) is 93.1. The molecular formula is C76H148O17P2. The normalized spacial score (nSPS) is 14.3. The van der Waals surface area contributed by atoms with Crippen LogP contribution in [0.1, 0.15) is 395 Å². The maximum absolute atomic E-state index is 13.1. The van der Waals surface area contributed by atoms with Gasteiger partial charge in [0.1, 0.15) is 19.3 Å². The fraction of sp³-hybridized carbons (Fsp3) is 0.947. The molecule has 0 rings (SSSR count).